The van der Waals surface area contributed by atoms with Crippen molar-refractivity contribution in [1.82, 2.24) is 9.62 Å². The lowest BCUT2D eigenvalue weighted by Gasteiger charge is -2.26. The van der Waals surface area contributed by atoms with Crippen LogP contribution in [0.1, 0.15) is 36.0 Å². The van der Waals surface area contributed by atoms with Crippen LogP contribution in [-0.2, 0) is 10.0 Å². The monoisotopic (exact) mass is 430 g/mol. The van der Waals surface area contributed by atoms with Gasteiger partial charge in [0.25, 0.3) is 5.91 Å². The highest BCUT2D eigenvalue weighted by molar-refractivity contribution is 7.89. The predicted molar refractivity (Wildman–Crippen MR) is 112 cm³/mol. The van der Waals surface area contributed by atoms with Gasteiger partial charge in [-0.15, -0.1) is 0 Å². The average Bonchev–Trinajstić information content (AvgIpc) is 3.08. The summed E-state index contributed by atoms with van der Waals surface area (Å²) >= 11 is 0. The second-order valence-corrected chi connectivity index (χ2v) is 9.49. The molecule has 0 aliphatic carbocycles. The van der Waals surface area contributed by atoms with E-state index < -0.39 is 10.0 Å². The predicted octanol–water partition coefficient (Wildman–Crippen LogP) is 2.82. The van der Waals surface area contributed by atoms with Crippen LogP contribution < -0.4 is 14.8 Å². The first-order chi connectivity index (χ1) is 14.5. The number of fused-ring (bicyclic) bond motifs is 1. The number of hydrogen-bond acceptors (Lipinski definition) is 5. The third-order valence-corrected chi connectivity index (χ3v) is 7.25. The molecule has 1 fully saturated rings. The Kier molecular flexibility index (Phi) is 6.24. The van der Waals surface area contributed by atoms with E-state index in [1.807, 2.05) is 24.3 Å². The Morgan fingerprint density at radius 1 is 1.00 bits per heavy atom. The molecule has 0 aromatic heterocycles. The van der Waals surface area contributed by atoms with Gasteiger partial charge >= 0.3 is 0 Å². The van der Waals surface area contributed by atoms with Crippen LogP contribution >= 0.6 is 0 Å². The molecular formula is C22H26N2O5S. The summed E-state index contributed by atoms with van der Waals surface area (Å²) in [6.45, 7) is 1.65. The Balaban J connectivity index is 1.40. The molecule has 2 aliphatic heterocycles. The molecule has 7 nitrogen and oxygen atoms in total. The molecule has 0 unspecified atom stereocenters. The molecule has 4 rings (SSSR count). The summed E-state index contributed by atoms with van der Waals surface area (Å²) in [6, 6.07) is 13.6. The Morgan fingerprint density at radius 2 is 1.73 bits per heavy atom. The van der Waals surface area contributed by atoms with Gasteiger partial charge in [-0.05, 0) is 43.2 Å². The lowest BCUT2D eigenvalue weighted by atomic mass is 10.2. The van der Waals surface area contributed by atoms with Gasteiger partial charge in [0, 0.05) is 18.7 Å². The zero-order chi connectivity index (χ0) is 21.0. The van der Waals surface area contributed by atoms with Crippen molar-refractivity contribution in [1.29, 1.82) is 0 Å². The molecule has 0 radical (unpaired) electrons. The quantitative estimate of drug-likeness (QED) is 0.789. The topological polar surface area (TPSA) is 84.9 Å². The van der Waals surface area contributed by atoms with Crippen molar-refractivity contribution >= 4 is 15.9 Å². The van der Waals surface area contributed by atoms with Crippen molar-refractivity contribution in [2.24, 2.45) is 0 Å². The Morgan fingerprint density at radius 3 is 2.50 bits per heavy atom. The smallest absolute Gasteiger partial charge is 0.251 e. The maximum absolute atomic E-state index is 13.0. The number of para-hydroxylation sites is 2. The van der Waals surface area contributed by atoms with Crippen LogP contribution in [-0.4, -0.2) is 51.0 Å². The molecule has 2 aromatic rings. The lowest BCUT2D eigenvalue weighted by molar-refractivity contribution is 0.0789. The Hall–Kier alpha value is -2.58. The van der Waals surface area contributed by atoms with Crippen LogP contribution in [0.4, 0.5) is 0 Å². The van der Waals surface area contributed by atoms with Crippen molar-refractivity contribution < 1.29 is 22.7 Å². The molecule has 0 bridgehead atoms. The standard InChI is InChI=1S/C22H26N2O5S/c25-22(23-15-18-16-28-20-10-3-4-11-21(20)29-18)17-8-7-9-19(14-17)30(26,27)24-12-5-1-2-6-13-24/h3-4,7-11,14,18H,1-2,5-6,12-13,15-16H2,(H,23,25)/t18-/m1/s1. The summed E-state index contributed by atoms with van der Waals surface area (Å²) in [6.07, 6.45) is 3.52. The summed E-state index contributed by atoms with van der Waals surface area (Å²) in [5.41, 5.74) is 0.308. The number of benzene rings is 2. The number of ether oxygens (including phenoxy) is 2. The largest absolute Gasteiger partial charge is 0.486 e. The van der Waals surface area contributed by atoms with Gasteiger partial charge in [-0.25, -0.2) is 8.42 Å². The van der Waals surface area contributed by atoms with E-state index in [9.17, 15) is 13.2 Å². The zero-order valence-corrected chi connectivity index (χ0v) is 17.6. The summed E-state index contributed by atoms with van der Waals surface area (Å²) in [5.74, 6) is 0.991. The summed E-state index contributed by atoms with van der Waals surface area (Å²) in [4.78, 5) is 12.8. The number of sulfonamides is 1. The van der Waals surface area contributed by atoms with Crippen molar-refractivity contribution in [3.63, 3.8) is 0 Å². The number of carbonyl (C=O) groups excluding carboxylic acids is 1. The Labute approximate surface area is 177 Å². The van der Waals surface area contributed by atoms with Gasteiger partial charge < -0.3 is 14.8 Å². The number of nitrogens with one attached hydrogen (secondary N) is 1. The van der Waals surface area contributed by atoms with E-state index in [1.54, 1.807) is 18.2 Å². The first kappa shape index (κ1) is 20.7. The van der Waals surface area contributed by atoms with E-state index in [-0.39, 0.29) is 23.5 Å². The van der Waals surface area contributed by atoms with Gasteiger partial charge in [-0.3, -0.25) is 4.79 Å². The van der Waals surface area contributed by atoms with Crippen LogP contribution in [0.3, 0.4) is 0 Å². The second-order valence-electron chi connectivity index (χ2n) is 7.55. The van der Waals surface area contributed by atoms with Crippen LogP contribution in [0.5, 0.6) is 11.5 Å². The van der Waals surface area contributed by atoms with Crippen LogP contribution in [0.2, 0.25) is 0 Å². The molecule has 30 heavy (non-hydrogen) atoms. The molecule has 1 saturated heterocycles. The third-order valence-electron chi connectivity index (χ3n) is 5.36. The number of carbonyl (C=O) groups is 1. The van der Waals surface area contributed by atoms with Gasteiger partial charge in [-0.2, -0.15) is 4.31 Å². The van der Waals surface area contributed by atoms with E-state index in [4.69, 9.17) is 9.47 Å². The normalized spacial score (nSPS) is 19.7. The van der Waals surface area contributed by atoms with Crippen LogP contribution in [0.25, 0.3) is 0 Å². The molecule has 1 N–H and O–H groups in total. The maximum atomic E-state index is 13.0. The minimum atomic E-state index is -3.60. The molecule has 2 aliphatic rings. The third kappa shape index (κ3) is 4.60. The summed E-state index contributed by atoms with van der Waals surface area (Å²) in [7, 11) is -3.60. The number of amides is 1. The molecule has 0 spiro atoms. The maximum Gasteiger partial charge on any atom is 0.251 e. The van der Waals surface area contributed by atoms with Crippen LogP contribution in [0.15, 0.2) is 53.4 Å². The van der Waals surface area contributed by atoms with E-state index in [0.29, 0.717) is 36.8 Å². The molecule has 1 atom stereocenters. The number of hydrogen-bond donors (Lipinski definition) is 1. The van der Waals surface area contributed by atoms with Gasteiger partial charge in [0.1, 0.15) is 12.7 Å². The van der Waals surface area contributed by atoms with E-state index >= 15 is 0 Å². The number of rotatable bonds is 5. The van der Waals surface area contributed by atoms with Gasteiger partial charge in [0.05, 0.1) is 11.4 Å². The van der Waals surface area contributed by atoms with Crippen molar-refractivity contribution in [2.75, 3.05) is 26.2 Å². The lowest BCUT2D eigenvalue weighted by Crippen LogP contribution is -2.40. The molecule has 0 saturated carbocycles. The number of nitrogens with zero attached hydrogens (tertiary/aromatic N) is 1. The fourth-order valence-electron chi connectivity index (χ4n) is 3.70. The highest BCUT2D eigenvalue weighted by atomic mass is 32.2. The minimum Gasteiger partial charge on any atom is -0.486 e. The first-order valence-corrected chi connectivity index (χ1v) is 11.7. The summed E-state index contributed by atoms with van der Waals surface area (Å²) in [5, 5.41) is 2.82. The molecule has 1 amide bonds. The van der Waals surface area contributed by atoms with Gasteiger partial charge in [-0.1, -0.05) is 31.0 Å². The Bertz CT molecular complexity index is 1000. The van der Waals surface area contributed by atoms with E-state index in [1.165, 1.54) is 10.4 Å². The second kappa shape index (κ2) is 9.06. The highest BCUT2D eigenvalue weighted by Crippen LogP contribution is 2.30. The van der Waals surface area contributed by atoms with E-state index in [2.05, 4.69) is 5.32 Å². The van der Waals surface area contributed by atoms with Crippen molar-refractivity contribution in [3.05, 3.63) is 54.1 Å². The van der Waals surface area contributed by atoms with Crippen molar-refractivity contribution in [3.8, 4) is 11.5 Å². The minimum absolute atomic E-state index is 0.156. The van der Waals surface area contributed by atoms with Gasteiger partial charge in [0.2, 0.25) is 10.0 Å². The average molecular weight is 431 g/mol. The first-order valence-electron chi connectivity index (χ1n) is 10.3. The highest BCUT2D eigenvalue weighted by Gasteiger charge is 2.26. The molecule has 8 heteroatoms. The summed E-state index contributed by atoms with van der Waals surface area (Å²) < 4.78 is 39.0. The van der Waals surface area contributed by atoms with Gasteiger partial charge in [0.15, 0.2) is 11.5 Å². The van der Waals surface area contributed by atoms with E-state index in [0.717, 1.165) is 25.7 Å². The van der Waals surface area contributed by atoms with Crippen molar-refractivity contribution in [2.45, 2.75) is 36.7 Å². The zero-order valence-electron chi connectivity index (χ0n) is 16.7. The molecule has 2 aromatic carbocycles. The SMILES string of the molecule is O=C(NC[C@@H]1COc2ccccc2O1)c1cccc(S(=O)(=O)N2CCCCCC2)c1. The van der Waals surface area contributed by atoms with Crippen LogP contribution in [0, 0.1) is 0 Å². The molecule has 2 heterocycles. The fourth-order valence-corrected chi connectivity index (χ4v) is 5.26. The fraction of sp³-hybridized carbons (Fsp3) is 0.409. The molecule has 160 valence electrons. The molecular weight excluding hydrogens is 404 g/mol.